The van der Waals surface area contributed by atoms with Crippen LogP contribution < -0.4 is 10.9 Å². The third kappa shape index (κ3) is 2.86. The van der Waals surface area contributed by atoms with Gasteiger partial charge in [0.05, 0.1) is 11.4 Å². The van der Waals surface area contributed by atoms with Crippen LogP contribution in [0.15, 0.2) is 42.5 Å². The zero-order chi connectivity index (χ0) is 20.1. The van der Waals surface area contributed by atoms with Crippen molar-refractivity contribution in [2.75, 3.05) is 5.43 Å². The van der Waals surface area contributed by atoms with Gasteiger partial charge in [-0.15, -0.1) is 0 Å². The lowest BCUT2D eigenvalue weighted by atomic mass is 9.95. The van der Waals surface area contributed by atoms with E-state index in [1.807, 2.05) is 0 Å². The molecule has 1 aromatic heterocycles. The van der Waals surface area contributed by atoms with Gasteiger partial charge in [-0.2, -0.15) is 5.10 Å². The van der Waals surface area contributed by atoms with Crippen LogP contribution in [0.2, 0.25) is 0 Å². The smallest absolute Gasteiger partial charge is 0.290 e. The second kappa shape index (κ2) is 6.65. The van der Waals surface area contributed by atoms with Gasteiger partial charge in [-0.25, -0.2) is 17.9 Å². The zero-order valence-corrected chi connectivity index (χ0v) is 15.3. The predicted molar refractivity (Wildman–Crippen MR) is 100 cm³/mol. The average Bonchev–Trinajstić information content (AvgIpc) is 3.40. The number of benzene rings is 2. The minimum Gasteiger partial charge on any atom is -0.295 e. The van der Waals surface area contributed by atoms with E-state index in [1.54, 1.807) is 12.1 Å². The molecule has 0 radical (unpaired) electrons. The first kappa shape index (κ1) is 17.8. The lowest BCUT2D eigenvalue weighted by Gasteiger charge is -2.14. The second-order valence-electron chi connectivity index (χ2n) is 7.42. The predicted octanol–water partition coefficient (Wildman–Crippen LogP) is 4.41. The molecule has 2 N–H and O–H groups in total. The van der Waals surface area contributed by atoms with E-state index < -0.39 is 23.4 Å². The molecule has 3 aromatic rings. The van der Waals surface area contributed by atoms with Crippen molar-refractivity contribution in [2.45, 2.75) is 31.1 Å². The molecule has 1 saturated carbocycles. The van der Waals surface area contributed by atoms with E-state index in [2.05, 4.69) is 16.0 Å². The number of aromatic nitrogens is 2. The molecular weight excluding hydrogens is 381 g/mol. The summed E-state index contributed by atoms with van der Waals surface area (Å²) in [5.41, 5.74) is 7.07. The fraction of sp³-hybridized carbons (Fsp3) is 0.238. The molecule has 0 spiro atoms. The molecule has 1 amide bonds. The van der Waals surface area contributed by atoms with Gasteiger partial charge < -0.3 is 0 Å². The third-order valence-electron chi connectivity index (χ3n) is 5.72. The number of nitrogens with zero attached hydrogens (tertiary/aromatic N) is 2. The highest BCUT2D eigenvalue weighted by molar-refractivity contribution is 5.95. The van der Waals surface area contributed by atoms with Crippen LogP contribution in [0.25, 0.3) is 5.69 Å². The van der Waals surface area contributed by atoms with Crippen LogP contribution in [0.5, 0.6) is 0 Å². The molecule has 2 unspecified atom stereocenters. The molecule has 2 atom stereocenters. The number of hydrogen-bond acceptors (Lipinski definition) is 3. The number of nitrogens with one attached hydrogen (secondary N) is 2. The Hall–Kier alpha value is -3.29. The van der Waals surface area contributed by atoms with Crippen LogP contribution >= 0.6 is 0 Å². The van der Waals surface area contributed by atoms with Crippen LogP contribution in [0.3, 0.4) is 0 Å². The monoisotopic (exact) mass is 398 g/mol. The van der Waals surface area contributed by atoms with E-state index in [0.717, 1.165) is 36.6 Å². The van der Waals surface area contributed by atoms with Crippen LogP contribution in [0, 0.1) is 17.5 Å². The van der Waals surface area contributed by atoms with Crippen molar-refractivity contribution in [3.63, 3.8) is 0 Å². The summed E-state index contributed by atoms with van der Waals surface area (Å²) in [6.07, 6.45) is 2.77. The Morgan fingerprint density at radius 2 is 1.83 bits per heavy atom. The Morgan fingerprint density at radius 3 is 2.62 bits per heavy atom. The molecule has 2 aliphatic carbocycles. The van der Waals surface area contributed by atoms with Gasteiger partial charge in [-0.1, -0.05) is 12.1 Å². The lowest BCUT2D eigenvalue weighted by molar-refractivity contribution is 0.0956. The Kier molecular flexibility index (Phi) is 4.08. The summed E-state index contributed by atoms with van der Waals surface area (Å²) < 4.78 is 43.0. The van der Waals surface area contributed by atoms with Crippen molar-refractivity contribution >= 4 is 11.6 Å². The van der Waals surface area contributed by atoms with Gasteiger partial charge >= 0.3 is 0 Å². The summed E-state index contributed by atoms with van der Waals surface area (Å²) in [6.45, 7) is 0. The summed E-state index contributed by atoms with van der Waals surface area (Å²) >= 11 is 0. The van der Waals surface area contributed by atoms with Gasteiger partial charge in [0.15, 0.2) is 11.5 Å². The van der Waals surface area contributed by atoms with Crippen molar-refractivity contribution in [1.29, 1.82) is 0 Å². The number of halogens is 3. The molecule has 2 aromatic carbocycles. The van der Waals surface area contributed by atoms with Crippen molar-refractivity contribution in [3.8, 4) is 5.69 Å². The number of anilines is 1. The lowest BCUT2D eigenvalue weighted by Crippen LogP contribution is -2.31. The van der Waals surface area contributed by atoms with Crippen LogP contribution in [0.4, 0.5) is 18.9 Å². The maximum atomic E-state index is 14.4. The first-order valence-corrected chi connectivity index (χ1v) is 9.42. The maximum Gasteiger partial charge on any atom is 0.290 e. The number of para-hydroxylation sites is 1. The Morgan fingerprint density at radius 1 is 1.03 bits per heavy atom. The first-order chi connectivity index (χ1) is 14.0. The molecule has 5 nitrogen and oxygen atoms in total. The highest BCUT2D eigenvalue weighted by Crippen LogP contribution is 2.54. The molecule has 29 heavy (non-hydrogen) atoms. The van der Waals surface area contributed by atoms with Crippen molar-refractivity contribution in [3.05, 3.63) is 76.9 Å². The zero-order valence-electron chi connectivity index (χ0n) is 15.3. The number of rotatable bonds is 4. The van der Waals surface area contributed by atoms with E-state index >= 15 is 0 Å². The SMILES string of the molecule is O=C(NNc1ccccc1F)c1nn(-c2ccc(F)cc2F)c2c1C1CCC2C1. The molecule has 1 heterocycles. The van der Waals surface area contributed by atoms with Gasteiger partial charge in [-0.05, 0) is 49.4 Å². The molecule has 1 fully saturated rings. The number of hydrazine groups is 1. The highest BCUT2D eigenvalue weighted by atomic mass is 19.1. The molecule has 0 saturated heterocycles. The van der Waals surface area contributed by atoms with E-state index in [9.17, 15) is 18.0 Å². The number of carbonyl (C=O) groups excluding carboxylic acids is 1. The summed E-state index contributed by atoms with van der Waals surface area (Å²) in [7, 11) is 0. The normalized spacial score (nSPS) is 19.3. The molecule has 2 aliphatic rings. The Balaban J connectivity index is 1.52. The average molecular weight is 398 g/mol. The fourth-order valence-corrected chi connectivity index (χ4v) is 4.48. The quantitative estimate of drug-likeness (QED) is 0.640. The minimum absolute atomic E-state index is 0.108. The minimum atomic E-state index is -0.741. The summed E-state index contributed by atoms with van der Waals surface area (Å²) in [5, 5.41) is 4.38. The molecule has 8 heteroatoms. The van der Waals surface area contributed by atoms with E-state index in [1.165, 1.54) is 28.9 Å². The van der Waals surface area contributed by atoms with Gasteiger partial charge in [0, 0.05) is 17.5 Å². The summed E-state index contributed by atoms with van der Waals surface area (Å²) in [6, 6.07) is 9.25. The Labute approximate surface area is 164 Å². The van der Waals surface area contributed by atoms with Crippen molar-refractivity contribution in [2.24, 2.45) is 0 Å². The highest BCUT2D eigenvalue weighted by Gasteiger charge is 2.44. The second-order valence-corrected chi connectivity index (χ2v) is 7.42. The summed E-state index contributed by atoms with van der Waals surface area (Å²) in [5.74, 6) is -2.08. The standard InChI is InChI=1S/C21H17F3N4O/c22-13-7-8-17(15(24)10-13)28-20-12-6-5-11(9-12)18(20)19(27-28)21(29)26-25-16-4-2-1-3-14(16)23/h1-4,7-8,10-12,25H,5-6,9H2,(H,26,29). The van der Waals surface area contributed by atoms with Crippen molar-refractivity contribution < 1.29 is 18.0 Å². The van der Waals surface area contributed by atoms with Crippen LogP contribution in [-0.2, 0) is 0 Å². The first-order valence-electron chi connectivity index (χ1n) is 9.42. The topological polar surface area (TPSA) is 59.0 Å². The van der Waals surface area contributed by atoms with Crippen LogP contribution in [-0.4, -0.2) is 15.7 Å². The molecule has 0 aliphatic heterocycles. The fourth-order valence-electron chi connectivity index (χ4n) is 4.48. The summed E-state index contributed by atoms with van der Waals surface area (Å²) in [4.78, 5) is 12.8. The number of fused-ring (bicyclic) bond motifs is 5. The van der Waals surface area contributed by atoms with E-state index in [4.69, 9.17) is 0 Å². The molecule has 148 valence electrons. The van der Waals surface area contributed by atoms with E-state index in [-0.39, 0.29) is 28.9 Å². The van der Waals surface area contributed by atoms with Crippen LogP contribution in [0.1, 0.15) is 52.8 Å². The van der Waals surface area contributed by atoms with Gasteiger partial charge in [0.2, 0.25) is 0 Å². The van der Waals surface area contributed by atoms with Gasteiger partial charge in [0.25, 0.3) is 5.91 Å². The van der Waals surface area contributed by atoms with Gasteiger partial charge in [0.1, 0.15) is 17.3 Å². The number of hydrogen-bond donors (Lipinski definition) is 2. The largest absolute Gasteiger partial charge is 0.295 e. The number of carbonyl (C=O) groups is 1. The van der Waals surface area contributed by atoms with E-state index in [0.29, 0.717) is 0 Å². The van der Waals surface area contributed by atoms with Gasteiger partial charge in [-0.3, -0.25) is 15.6 Å². The molecule has 5 rings (SSSR count). The number of amides is 1. The van der Waals surface area contributed by atoms with Crippen molar-refractivity contribution in [1.82, 2.24) is 15.2 Å². The Bertz CT molecular complexity index is 1130. The molecule has 2 bridgehead atoms. The maximum absolute atomic E-state index is 14.4. The third-order valence-corrected chi connectivity index (χ3v) is 5.72. The molecular formula is C21H17F3N4O.